The molecule has 0 atom stereocenters. The molecular weight excluding hydrogens is 371 g/mol. The Balaban J connectivity index is 1.34. The third-order valence-corrected chi connectivity index (χ3v) is 4.95. The summed E-state index contributed by atoms with van der Waals surface area (Å²) in [5.74, 6) is 1.88. The maximum atomic E-state index is 13.0. The molecule has 29 heavy (non-hydrogen) atoms. The summed E-state index contributed by atoms with van der Waals surface area (Å²) in [4.78, 5) is 9.13. The van der Waals surface area contributed by atoms with Crippen LogP contribution >= 0.6 is 0 Å². The maximum absolute atomic E-state index is 13.0. The lowest BCUT2D eigenvalue weighted by molar-refractivity contribution is 0.415. The quantitative estimate of drug-likeness (QED) is 0.689. The van der Waals surface area contributed by atoms with Crippen molar-refractivity contribution in [1.29, 1.82) is 0 Å². The molecule has 150 valence electrons. The topological polar surface area (TPSA) is 66.4 Å². The van der Waals surface area contributed by atoms with Gasteiger partial charge >= 0.3 is 0 Å². The smallest absolute Gasteiger partial charge is 0.244 e. The first-order chi connectivity index (χ1) is 14.2. The first kappa shape index (κ1) is 18.9. The van der Waals surface area contributed by atoms with Crippen molar-refractivity contribution in [3.63, 3.8) is 0 Å². The molecule has 1 saturated heterocycles. The van der Waals surface area contributed by atoms with Gasteiger partial charge in [-0.3, -0.25) is 0 Å². The molecule has 0 bridgehead atoms. The molecule has 0 saturated carbocycles. The number of hydrogen-bond acceptors (Lipinski definition) is 7. The highest BCUT2D eigenvalue weighted by molar-refractivity contribution is 5.51. The van der Waals surface area contributed by atoms with Crippen molar-refractivity contribution in [2.24, 2.45) is 0 Å². The summed E-state index contributed by atoms with van der Waals surface area (Å²) in [7, 11) is 1.67. The number of anilines is 3. The number of aromatic nitrogens is 3. The number of nitrogens with zero attached hydrogens (tertiary/aromatic N) is 5. The number of rotatable bonds is 6. The first-order valence-electron chi connectivity index (χ1n) is 9.53. The summed E-state index contributed by atoms with van der Waals surface area (Å²) in [6, 6.07) is 14.5. The fourth-order valence-electron chi connectivity index (χ4n) is 3.29. The van der Waals surface area contributed by atoms with Crippen LogP contribution in [0, 0.1) is 5.82 Å². The van der Waals surface area contributed by atoms with Crippen LogP contribution in [0.4, 0.5) is 21.8 Å². The van der Waals surface area contributed by atoms with E-state index in [-0.39, 0.29) is 5.82 Å². The minimum absolute atomic E-state index is 0.248. The van der Waals surface area contributed by atoms with E-state index in [1.807, 2.05) is 12.1 Å². The van der Waals surface area contributed by atoms with Gasteiger partial charge in [-0.15, -0.1) is 5.10 Å². The lowest BCUT2D eigenvalue weighted by Gasteiger charge is -2.36. The minimum atomic E-state index is -0.248. The molecule has 7 nitrogen and oxygen atoms in total. The van der Waals surface area contributed by atoms with Gasteiger partial charge in [0.05, 0.1) is 13.3 Å². The van der Waals surface area contributed by atoms with Gasteiger partial charge in [0.1, 0.15) is 11.6 Å². The van der Waals surface area contributed by atoms with Crippen molar-refractivity contribution in [3.8, 4) is 5.75 Å². The van der Waals surface area contributed by atoms with Crippen LogP contribution in [0.3, 0.4) is 0 Å². The molecule has 0 amide bonds. The molecule has 1 aliphatic rings. The number of methoxy groups -OCH3 is 1. The standard InChI is InChI=1S/C21H23FN6O/c1-29-19-8-6-18(7-9-19)27-10-12-28(13-11-27)20-15-24-26-21(25-20)23-14-16-2-4-17(22)5-3-16/h2-9,15H,10-14H2,1H3,(H,23,25,26). The molecule has 1 fully saturated rings. The van der Waals surface area contributed by atoms with Crippen LogP contribution in [0.1, 0.15) is 5.56 Å². The minimum Gasteiger partial charge on any atom is -0.497 e. The van der Waals surface area contributed by atoms with Crippen LogP contribution in [-0.2, 0) is 6.54 Å². The van der Waals surface area contributed by atoms with Crippen molar-refractivity contribution in [2.75, 3.05) is 48.4 Å². The fraction of sp³-hybridized carbons (Fsp3) is 0.286. The summed E-state index contributed by atoms with van der Waals surface area (Å²) >= 11 is 0. The van der Waals surface area contributed by atoms with E-state index in [1.54, 1.807) is 25.4 Å². The zero-order chi connectivity index (χ0) is 20.1. The number of benzene rings is 2. The summed E-state index contributed by atoms with van der Waals surface area (Å²) in [5.41, 5.74) is 2.14. The maximum Gasteiger partial charge on any atom is 0.244 e. The lowest BCUT2D eigenvalue weighted by Crippen LogP contribution is -2.46. The number of hydrogen-bond donors (Lipinski definition) is 1. The van der Waals surface area contributed by atoms with E-state index in [1.165, 1.54) is 17.8 Å². The molecule has 2 aromatic carbocycles. The van der Waals surface area contributed by atoms with Crippen molar-refractivity contribution in [2.45, 2.75) is 6.54 Å². The summed E-state index contributed by atoms with van der Waals surface area (Å²) in [6.07, 6.45) is 1.69. The molecular formula is C21H23FN6O. The molecule has 1 aromatic heterocycles. The van der Waals surface area contributed by atoms with Gasteiger partial charge in [-0.1, -0.05) is 12.1 Å². The second kappa shape index (κ2) is 8.72. The summed E-state index contributed by atoms with van der Waals surface area (Å²) in [5, 5.41) is 11.3. The van der Waals surface area contributed by atoms with E-state index < -0.39 is 0 Å². The summed E-state index contributed by atoms with van der Waals surface area (Å²) < 4.78 is 18.2. The van der Waals surface area contributed by atoms with Gasteiger partial charge in [0.2, 0.25) is 5.95 Å². The van der Waals surface area contributed by atoms with Gasteiger partial charge in [-0.25, -0.2) is 4.39 Å². The lowest BCUT2D eigenvalue weighted by atomic mass is 10.2. The Kier molecular flexibility index (Phi) is 5.69. The zero-order valence-corrected chi connectivity index (χ0v) is 16.3. The molecule has 0 unspecified atom stereocenters. The number of piperazine rings is 1. The SMILES string of the molecule is COc1ccc(N2CCN(c3cnnc(NCc4ccc(F)cc4)n3)CC2)cc1. The van der Waals surface area contributed by atoms with Crippen LogP contribution < -0.4 is 19.9 Å². The van der Waals surface area contributed by atoms with E-state index in [9.17, 15) is 4.39 Å². The van der Waals surface area contributed by atoms with Crippen LogP contribution in [0.2, 0.25) is 0 Å². The Morgan fingerprint density at radius 2 is 1.66 bits per heavy atom. The van der Waals surface area contributed by atoms with E-state index in [0.29, 0.717) is 12.5 Å². The highest BCUT2D eigenvalue weighted by Gasteiger charge is 2.19. The third kappa shape index (κ3) is 4.71. The fourth-order valence-corrected chi connectivity index (χ4v) is 3.29. The second-order valence-corrected chi connectivity index (χ2v) is 6.79. The Morgan fingerprint density at radius 1 is 0.966 bits per heavy atom. The van der Waals surface area contributed by atoms with Crippen molar-refractivity contribution >= 4 is 17.5 Å². The van der Waals surface area contributed by atoms with E-state index in [2.05, 4.69) is 42.4 Å². The molecule has 1 aliphatic heterocycles. The second-order valence-electron chi connectivity index (χ2n) is 6.79. The van der Waals surface area contributed by atoms with Crippen molar-refractivity contribution < 1.29 is 9.13 Å². The average molecular weight is 394 g/mol. The van der Waals surface area contributed by atoms with Crippen LogP contribution in [0.5, 0.6) is 5.75 Å². The van der Waals surface area contributed by atoms with Crippen molar-refractivity contribution in [3.05, 3.63) is 66.1 Å². The molecule has 1 N–H and O–H groups in total. The number of ether oxygens (including phenoxy) is 1. The predicted octanol–water partition coefficient (Wildman–Crippen LogP) is 2.96. The molecule has 2 heterocycles. The molecule has 0 spiro atoms. The Hall–Kier alpha value is -3.42. The van der Waals surface area contributed by atoms with Crippen LogP contribution in [0.15, 0.2) is 54.7 Å². The monoisotopic (exact) mass is 394 g/mol. The highest BCUT2D eigenvalue weighted by atomic mass is 19.1. The van der Waals surface area contributed by atoms with E-state index in [4.69, 9.17) is 4.74 Å². The largest absolute Gasteiger partial charge is 0.497 e. The first-order valence-corrected chi connectivity index (χ1v) is 9.53. The molecule has 8 heteroatoms. The molecule has 4 rings (SSSR count). The Bertz CT molecular complexity index is 927. The number of halogens is 1. The number of nitrogens with one attached hydrogen (secondary N) is 1. The van der Waals surface area contributed by atoms with Crippen LogP contribution in [-0.4, -0.2) is 48.5 Å². The van der Waals surface area contributed by atoms with Crippen LogP contribution in [0.25, 0.3) is 0 Å². The zero-order valence-electron chi connectivity index (χ0n) is 16.3. The predicted molar refractivity (Wildman–Crippen MR) is 111 cm³/mol. The van der Waals surface area contributed by atoms with Crippen molar-refractivity contribution in [1.82, 2.24) is 15.2 Å². The highest BCUT2D eigenvalue weighted by Crippen LogP contribution is 2.22. The Labute approximate surface area is 169 Å². The molecule has 0 aliphatic carbocycles. The molecule has 3 aromatic rings. The summed E-state index contributed by atoms with van der Waals surface area (Å²) in [6.45, 7) is 4.00. The van der Waals surface area contributed by atoms with Gasteiger partial charge in [0.25, 0.3) is 0 Å². The van der Waals surface area contributed by atoms with Gasteiger partial charge in [-0.2, -0.15) is 10.1 Å². The third-order valence-electron chi connectivity index (χ3n) is 4.95. The van der Waals surface area contributed by atoms with E-state index in [0.717, 1.165) is 43.3 Å². The average Bonchev–Trinajstić information content (AvgIpc) is 2.79. The molecule has 0 radical (unpaired) electrons. The van der Waals surface area contributed by atoms with Gasteiger partial charge < -0.3 is 19.9 Å². The Morgan fingerprint density at radius 3 is 2.34 bits per heavy atom. The van der Waals surface area contributed by atoms with Gasteiger partial charge in [-0.05, 0) is 42.0 Å². The van der Waals surface area contributed by atoms with Gasteiger partial charge in [0.15, 0.2) is 5.82 Å². The van der Waals surface area contributed by atoms with E-state index >= 15 is 0 Å². The van der Waals surface area contributed by atoms with Gasteiger partial charge in [0, 0.05) is 38.4 Å². The normalized spacial score (nSPS) is 14.0.